The molecule has 0 fully saturated rings. The second-order valence-corrected chi connectivity index (χ2v) is 7.96. The van der Waals surface area contributed by atoms with Crippen molar-refractivity contribution in [3.8, 4) is 11.5 Å². The Balaban J connectivity index is 0.000000380. The van der Waals surface area contributed by atoms with Gasteiger partial charge < -0.3 is 28.4 Å². The van der Waals surface area contributed by atoms with Gasteiger partial charge in [0.2, 0.25) is 0 Å². The van der Waals surface area contributed by atoms with Crippen molar-refractivity contribution in [2.24, 2.45) is 0 Å². The molecule has 38 heavy (non-hydrogen) atoms. The lowest BCUT2D eigenvalue weighted by molar-refractivity contribution is -0.143. The fraction of sp³-hybridized carbons (Fsp3) is 0.429. The number of rotatable bonds is 12. The number of esters is 2. The largest absolute Gasteiger partial charge is 0.513 e. The molecule has 0 spiro atoms. The number of carbonyl (C=O) groups is 4. The Hall–Kier alpha value is -4.08. The van der Waals surface area contributed by atoms with Crippen LogP contribution in [0.4, 0.5) is 9.59 Å². The van der Waals surface area contributed by atoms with Crippen LogP contribution in [-0.4, -0.2) is 37.5 Å². The molecule has 208 valence electrons. The van der Waals surface area contributed by atoms with E-state index in [0.717, 1.165) is 36.8 Å². The van der Waals surface area contributed by atoms with Gasteiger partial charge in [0, 0.05) is 13.8 Å². The minimum absolute atomic E-state index is 0.205. The molecule has 2 aromatic rings. The van der Waals surface area contributed by atoms with E-state index in [1.807, 2.05) is 13.8 Å². The molecule has 0 unspecified atom stereocenters. The van der Waals surface area contributed by atoms with Crippen LogP contribution < -0.4 is 9.47 Å². The van der Waals surface area contributed by atoms with Gasteiger partial charge in [-0.15, -0.1) is 0 Å². The Labute approximate surface area is 223 Å². The first-order valence-corrected chi connectivity index (χ1v) is 12.4. The first-order valence-electron chi connectivity index (χ1n) is 12.4. The summed E-state index contributed by atoms with van der Waals surface area (Å²) in [7, 11) is 0. The third-order valence-electron chi connectivity index (χ3n) is 4.57. The monoisotopic (exact) mass is 532 g/mol. The molecule has 0 radical (unpaired) electrons. The first kappa shape index (κ1) is 31.9. The van der Waals surface area contributed by atoms with Gasteiger partial charge in [-0.2, -0.15) is 0 Å². The van der Waals surface area contributed by atoms with E-state index in [0.29, 0.717) is 24.7 Å². The van der Waals surface area contributed by atoms with E-state index in [-0.39, 0.29) is 25.2 Å². The van der Waals surface area contributed by atoms with Crippen molar-refractivity contribution in [2.45, 2.75) is 66.6 Å². The van der Waals surface area contributed by atoms with E-state index in [1.54, 1.807) is 48.5 Å². The maximum Gasteiger partial charge on any atom is 0.513 e. The van der Waals surface area contributed by atoms with Crippen LogP contribution in [0, 0.1) is 0 Å². The highest BCUT2D eigenvalue weighted by Gasteiger charge is 2.07. The molecule has 0 saturated carbocycles. The fourth-order valence-electron chi connectivity index (χ4n) is 2.53. The van der Waals surface area contributed by atoms with Crippen LogP contribution in [0.5, 0.6) is 11.5 Å². The van der Waals surface area contributed by atoms with Crippen LogP contribution in [0.1, 0.15) is 64.5 Å². The van der Waals surface area contributed by atoms with Gasteiger partial charge in [0.05, 0.1) is 13.2 Å². The zero-order valence-corrected chi connectivity index (χ0v) is 22.4. The van der Waals surface area contributed by atoms with E-state index in [2.05, 4.69) is 0 Å². The lowest BCUT2D eigenvalue weighted by Crippen LogP contribution is -2.11. The molecule has 0 atom stereocenters. The topological polar surface area (TPSA) is 124 Å². The van der Waals surface area contributed by atoms with E-state index >= 15 is 0 Å². The average molecular weight is 533 g/mol. The van der Waals surface area contributed by atoms with Gasteiger partial charge in [0.1, 0.15) is 24.7 Å². The minimum atomic E-state index is -0.707. The summed E-state index contributed by atoms with van der Waals surface area (Å²) in [6.45, 7) is 7.85. The summed E-state index contributed by atoms with van der Waals surface area (Å²) in [5.74, 6) is 0.126. The van der Waals surface area contributed by atoms with E-state index in [9.17, 15) is 19.2 Å². The number of benzene rings is 2. The number of ether oxygens (including phenoxy) is 6. The summed E-state index contributed by atoms with van der Waals surface area (Å²) < 4.78 is 29.4. The smallest absolute Gasteiger partial charge is 0.461 e. The van der Waals surface area contributed by atoms with E-state index < -0.39 is 12.3 Å². The first-order chi connectivity index (χ1) is 18.2. The maximum atomic E-state index is 11.3. The second kappa shape index (κ2) is 19.1. The number of unbranched alkanes of at least 4 members (excludes halogenated alkanes) is 2. The molecule has 10 heteroatoms. The Morgan fingerprint density at radius 3 is 1.18 bits per heavy atom. The summed E-state index contributed by atoms with van der Waals surface area (Å²) in [6, 6.07) is 13.4. The summed E-state index contributed by atoms with van der Waals surface area (Å²) in [5, 5.41) is 0. The van der Waals surface area contributed by atoms with Crippen LogP contribution >= 0.6 is 0 Å². The molecule has 0 heterocycles. The van der Waals surface area contributed by atoms with Crippen molar-refractivity contribution < 1.29 is 47.6 Å². The van der Waals surface area contributed by atoms with Gasteiger partial charge in [0.25, 0.3) is 0 Å². The summed E-state index contributed by atoms with van der Waals surface area (Å²) >= 11 is 0. The average Bonchev–Trinajstić information content (AvgIpc) is 2.88. The van der Waals surface area contributed by atoms with Crippen molar-refractivity contribution in [3.63, 3.8) is 0 Å². The van der Waals surface area contributed by atoms with Crippen LogP contribution in [-0.2, 0) is 41.8 Å². The second-order valence-electron chi connectivity index (χ2n) is 7.96. The Morgan fingerprint density at radius 1 is 0.553 bits per heavy atom. The van der Waals surface area contributed by atoms with Crippen molar-refractivity contribution >= 4 is 24.2 Å². The standard InChI is InChI=1S/2C14H18O5/c2*1-3-4-9-17-14(16)19-13-7-5-12(6-8-13)10-18-11(2)15/h2*5-8H,3-4,9-10H2,1-2H3. The predicted molar refractivity (Wildman–Crippen MR) is 138 cm³/mol. The Morgan fingerprint density at radius 2 is 0.895 bits per heavy atom. The van der Waals surface area contributed by atoms with Gasteiger partial charge in [-0.05, 0) is 48.2 Å². The van der Waals surface area contributed by atoms with Crippen LogP contribution in [0.25, 0.3) is 0 Å². The van der Waals surface area contributed by atoms with Crippen LogP contribution in [0.2, 0.25) is 0 Å². The quantitative estimate of drug-likeness (QED) is 0.136. The predicted octanol–water partition coefficient (Wildman–Crippen LogP) is 6.13. The zero-order valence-electron chi connectivity index (χ0n) is 22.4. The van der Waals surface area contributed by atoms with Crippen molar-refractivity contribution in [1.29, 1.82) is 0 Å². The third kappa shape index (κ3) is 15.8. The highest BCUT2D eigenvalue weighted by atomic mass is 16.7. The molecular formula is C28H36O10. The lowest BCUT2D eigenvalue weighted by atomic mass is 10.2. The van der Waals surface area contributed by atoms with E-state index in [1.165, 1.54) is 13.8 Å². The number of hydrogen-bond donors (Lipinski definition) is 0. The maximum absolute atomic E-state index is 11.3. The lowest BCUT2D eigenvalue weighted by Gasteiger charge is -2.06. The molecule has 0 aromatic heterocycles. The van der Waals surface area contributed by atoms with E-state index in [4.69, 9.17) is 28.4 Å². The molecule has 0 N–H and O–H groups in total. The normalized spacial score (nSPS) is 9.79. The SMILES string of the molecule is CCCCOC(=O)Oc1ccc(COC(C)=O)cc1.CCCCOC(=O)Oc1ccc(COC(C)=O)cc1. The van der Waals surface area contributed by atoms with Crippen molar-refractivity contribution in [2.75, 3.05) is 13.2 Å². The molecule has 0 aliphatic carbocycles. The van der Waals surface area contributed by atoms with Crippen molar-refractivity contribution in [1.82, 2.24) is 0 Å². The Bertz CT molecular complexity index is 902. The summed E-state index contributed by atoms with van der Waals surface area (Å²) in [4.78, 5) is 43.8. The van der Waals surface area contributed by atoms with Crippen LogP contribution in [0.15, 0.2) is 48.5 Å². The summed E-state index contributed by atoms with van der Waals surface area (Å²) in [6.07, 6.45) is 2.13. The molecule has 0 aliphatic heterocycles. The fourth-order valence-corrected chi connectivity index (χ4v) is 2.53. The van der Waals surface area contributed by atoms with Gasteiger partial charge in [-0.3, -0.25) is 9.59 Å². The van der Waals surface area contributed by atoms with Gasteiger partial charge in [-0.1, -0.05) is 51.0 Å². The molecule has 0 amide bonds. The molecule has 0 bridgehead atoms. The summed E-state index contributed by atoms with van der Waals surface area (Å²) in [5.41, 5.74) is 1.64. The highest BCUT2D eigenvalue weighted by molar-refractivity contribution is 5.66. The molecule has 2 rings (SSSR count). The molecule has 0 aliphatic rings. The van der Waals surface area contributed by atoms with Gasteiger partial charge in [0.15, 0.2) is 0 Å². The Kier molecular flexibility index (Phi) is 16.0. The third-order valence-corrected chi connectivity index (χ3v) is 4.57. The molecule has 0 saturated heterocycles. The number of hydrogen-bond acceptors (Lipinski definition) is 10. The highest BCUT2D eigenvalue weighted by Crippen LogP contribution is 2.15. The zero-order chi connectivity index (χ0) is 28.2. The van der Waals surface area contributed by atoms with Crippen LogP contribution in [0.3, 0.4) is 0 Å². The van der Waals surface area contributed by atoms with Crippen molar-refractivity contribution in [3.05, 3.63) is 59.7 Å². The van der Waals surface area contributed by atoms with Gasteiger partial charge >= 0.3 is 24.2 Å². The number of carbonyl (C=O) groups excluding carboxylic acids is 4. The molecule has 10 nitrogen and oxygen atoms in total. The molecular weight excluding hydrogens is 496 g/mol. The molecule has 2 aromatic carbocycles. The van der Waals surface area contributed by atoms with Gasteiger partial charge in [-0.25, -0.2) is 9.59 Å². The minimum Gasteiger partial charge on any atom is -0.461 e.